The zero-order valence-electron chi connectivity index (χ0n) is 9.56. The summed E-state index contributed by atoms with van der Waals surface area (Å²) >= 11 is 0. The second kappa shape index (κ2) is 3.76. The molecule has 0 aliphatic carbocycles. The Balaban J connectivity index is 2.27. The number of hydrogen-bond acceptors (Lipinski definition) is 5. The van der Waals surface area contributed by atoms with Crippen molar-refractivity contribution in [1.29, 1.82) is 0 Å². The lowest BCUT2D eigenvalue weighted by molar-refractivity contribution is -0.119. The molecule has 0 bridgehead atoms. The predicted octanol–water partition coefficient (Wildman–Crippen LogP) is 1.37. The molecule has 18 heavy (non-hydrogen) atoms. The van der Waals surface area contributed by atoms with Crippen LogP contribution < -0.4 is 10.2 Å². The first-order chi connectivity index (χ1) is 8.70. The van der Waals surface area contributed by atoms with Crippen LogP contribution in [0.25, 0.3) is 11.0 Å². The van der Waals surface area contributed by atoms with E-state index >= 15 is 0 Å². The Kier molecular flexibility index (Phi) is 2.22. The molecule has 1 aromatic heterocycles. The minimum Gasteiger partial charge on any atom is -0.507 e. The number of phenols is 1. The van der Waals surface area contributed by atoms with Crippen molar-refractivity contribution >= 4 is 22.6 Å². The summed E-state index contributed by atoms with van der Waals surface area (Å²) in [6.45, 7) is 0. The number of nitrogens with one attached hydrogen (secondary N) is 1. The number of ether oxygens (including phenoxy) is 1. The van der Waals surface area contributed by atoms with Crippen LogP contribution in [0.4, 0.5) is 0 Å². The number of rotatable bonds is 2. The molecule has 1 aliphatic rings. The van der Waals surface area contributed by atoms with E-state index in [9.17, 15) is 9.90 Å². The zero-order chi connectivity index (χ0) is 12.7. The Morgan fingerprint density at radius 1 is 1.56 bits per heavy atom. The molecule has 6 heteroatoms. The molecule has 1 aromatic carbocycles. The van der Waals surface area contributed by atoms with Gasteiger partial charge in [-0.05, 0) is 6.07 Å². The lowest BCUT2D eigenvalue weighted by Crippen LogP contribution is -2.09. The van der Waals surface area contributed by atoms with Gasteiger partial charge in [0.1, 0.15) is 17.1 Å². The minimum absolute atomic E-state index is 0.0236. The number of carbonyl (C=O) groups is 1. The van der Waals surface area contributed by atoms with Crippen molar-refractivity contribution < 1.29 is 19.1 Å². The van der Waals surface area contributed by atoms with E-state index in [-0.39, 0.29) is 18.1 Å². The molecule has 2 heterocycles. The van der Waals surface area contributed by atoms with Gasteiger partial charge in [-0.1, -0.05) is 0 Å². The number of benzene rings is 1. The standard InChI is InChI=1S/C12H10N2O4/c1-17-12-6-2-3-18-9(6)5-8(15)11(12)7-4-10(16)14-13-7/h2-3,5,15H,4H2,1H3,(H,14,16). The molecule has 1 amide bonds. The molecule has 1 aliphatic heterocycles. The summed E-state index contributed by atoms with van der Waals surface area (Å²) in [6.07, 6.45) is 1.63. The third kappa shape index (κ3) is 1.42. The number of furan rings is 1. The maximum absolute atomic E-state index is 11.2. The normalized spacial score (nSPS) is 14.7. The molecule has 0 saturated heterocycles. The molecule has 3 rings (SSSR count). The number of hydrogen-bond donors (Lipinski definition) is 2. The fourth-order valence-electron chi connectivity index (χ4n) is 2.06. The number of hydrazone groups is 1. The lowest BCUT2D eigenvalue weighted by Gasteiger charge is -2.10. The highest BCUT2D eigenvalue weighted by molar-refractivity contribution is 6.18. The van der Waals surface area contributed by atoms with Gasteiger partial charge in [0.15, 0.2) is 0 Å². The monoisotopic (exact) mass is 246 g/mol. The van der Waals surface area contributed by atoms with Crippen LogP contribution in [0.15, 0.2) is 27.9 Å². The van der Waals surface area contributed by atoms with E-state index in [1.807, 2.05) is 0 Å². The van der Waals surface area contributed by atoms with Crippen LogP contribution in [0.2, 0.25) is 0 Å². The topological polar surface area (TPSA) is 84.1 Å². The highest BCUT2D eigenvalue weighted by Crippen LogP contribution is 2.38. The van der Waals surface area contributed by atoms with E-state index in [2.05, 4.69) is 10.5 Å². The maximum atomic E-state index is 11.2. The molecule has 92 valence electrons. The molecule has 0 atom stereocenters. The van der Waals surface area contributed by atoms with Crippen LogP contribution in [0, 0.1) is 0 Å². The van der Waals surface area contributed by atoms with E-state index < -0.39 is 0 Å². The van der Waals surface area contributed by atoms with Gasteiger partial charge in [0.2, 0.25) is 5.91 Å². The Hall–Kier alpha value is -2.50. The summed E-state index contributed by atoms with van der Waals surface area (Å²) < 4.78 is 10.5. The first-order valence-corrected chi connectivity index (χ1v) is 5.33. The first kappa shape index (κ1) is 10.6. The van der Waals surface area contributed by atoms with Gasteiger partial charge >= 0.3 is 0 Å². The van der Waals surface area contributed by atoms with Gasteiger partial charge < -0.3 is 14.3 Å². The molecule has 0 unspecified atom stereocenters. The van der Waals surface area contributed by atoms with Gasteiger partial charge in [-0.3, -0.25) is 4.79 Å². The molecule has 0 fully saturated rings. The second-order valence-electron chi connectivity index (χ2n) is 3.91. The number of phenolic OH excluding ortho intramolecular Hbond substituents is 1. The number of carbonyl (C=O) groups excluding carboxylic acids is 1. The first-order valence-electron chi connectivity index (χ1n) is 5.33. The van der Waals surface area contributed by atoms with Crippen molar-refractivity contribution in [2.75, 3.05) is 7.11 Å². The van der Waals surface area contributed by atoms with Crippen molar-refractivity contribution in [3.05, 3.63) is 24.0 Å². The Labute approximate surface area is 102 Å². The highest BCUT2D eigenvalue weighted by atomic mass is 16.5. The van der Waals surface area contributed by atoms with Gasteiger partial charge in [0.05, 0.1) is 36.5 Å². The fourth-order valence-corrected chi connectivity index (χ4v) is 2.06. The van der Waals surface area contributed by atoms with Crippen molar-refractivity contribution in [3.63, 3.8) is 0 Å². The van der Waals surface area contributed by atoms with Crippen molar-refractivity contribution in [1.82, 2.24) is 5.43 Å². The Morgan fingerprint density at radius 2 is 2.39 bits per heavy atom. The number of methoxy groups -OCH3 is 1. The van der Waals surface area contributed by atoms with E-state index in [1.165, 1.54) is 19.4 Å². The predicted molar refractivity (Wildman–Crippen MR) is 63.7 cm³/mol. The largest absolute Gasteiger partial charge is 0.507 e. The van der Waals surface area contributed by atoms with Crippen molar-refractivity contribution in [2.24, 2.45) is 5.10 Å². The smallest absolute Gasteiger partial charge is 0.246 e. The molecule has 0 saturated carbocycles. The van der Waals surface area contributed by atoms with Crippen molar-refractivity contribution in [2.45, 2.75) is 6.42 Å². The third-order valence-electron chi connectivity index (χ3n) is 2.83. The molecule has 0 spiro atoms. The van der Waals surface area contributed by atoms with Crippen LogP contribution in [0.3, 0.4) is 0 Å². The summed E-state index contributed by atoms with van der Waals surface area (Å²) in [4.78, 5) is 11.2. The van der Waals surface area contributed by atoms with E-state index in [4.69, 9.17) is 9.15 Å². The van der Waals surface area contributed by atoms with E-state index in [0.29, 0.717) is 22.6 Å². The average Bonchev–Trinajstić information content (AvgIpc) is 2.95. The second-order valence-corrected chi connectivity index (χ2v) is 3.91. The zero-order valence-corrected chi connectivity index (χ0v) is 9.56. The van der Waals surface area contributed by atoms with E-state index in [1.54, 1.807) is 6.07 Å². The average molecular weight is 246 g/mol. The highest BCUT2D eigenvalue weighted by Gasteiger charge is 2.25. The summed E-state index contributed by atoms with van der Waals surface area (Å²) in [5, 5.41) is 14.6. The van der Waals surface area contributed by atoms with Crippen molar-refractivity contribution in [3.8, 4) is 11.5 Å². The SMILES string of the molecule is COc1c(C2=NNC(=O)C2)c(O)cc2occc12. The summed E-state index contributed by atoms with van der Waals surface area (Å²) in [5.41, 5.74) is 3.74. The van der Waals surface area contributed by atoms with Crippen LogP contribution in [-0.2, 0) is 4.79 Å². The van der Waals surface area contributed by atoms with Crippen LogP contribution in [0.5, 0.6) is 11.5 Å². The van der Waals surface area contributed by atoms with Crippen LogP contribution in [-0.4, -0.2) is 23.8 Å². The Bertz CT molecular complexity index is 672. The van der Waals surface area contributed by atoms with Gasteiger partial charge in [-0.15, -0.1) is 0 Å². The van der Waals surface area contributed by atoms with Crippen LogP contribution >= 0.6 is 0 Å². The van der Waals surface area contributed by atoms with Gasteiger partial charge in [-0.25, -0.2) is 5.43 Å². The quantitative estimate of drug-likeness (QED) is 0.838. The van der Waals surface area contributed by atoms with Crippen LogP contribution in [0.1, 0.15) is 12.0 Å². The maximum Gasteiger partial charge on any atom is 0.246 e. The number of nitrogens with zero attached hydrogens (tertiary/aromatic N) is 1. The molecular weight excluding hydrogens is 236 g/mol. The lowest BCUT2D eigenvalue weighted by atomic mass is 10.0. The van der Waals surface area contributed by atoms with Gasteiger partial charge in [0.25, 0.3) is 0 Å². The Morgan fingerprint density at radius 3 is 3.06 bits per heavy atom. The molecule has 2 aromatic rings. The summed E-state index contributed by atoms with van der Waals surface area (Å²) in [5.74, 6) is 0.220. The number of aromatic hydroxyl groups is 1. The summed E-state index contributed by atoms with van der Waals surface area (Å²) in [7, 11) is 1.50. The van der Waals surface area contributed by atoms with E-state index in [0.717, 1.165) is 5.39 Å². The number of fused-ring (bicyclic) bond motifs is 1. The molecule has 2 N–H and O–H groups in total. The van der Waals surface area contributed by atoms with Gasteiger partial charge in [-0.2, -0.15) is 5.10 Å². The summed E-state index contributed by atoms with van der Waals surface area (Å²) in [6, 6.07) is 3.22. The molecule has 6 nitrogen and oxygen atoms in total. The molecule has 0 radical (unpaired) electrons. The minimum atomic E-state index is -0.209. The number of amides is 1. The molecular formula is C12H10N2O4. The third-order valence-corrected chi connectivity index (χ3v) is 2.83. The fraction of sp³-hybridized carbons (Fsp3) is 0.167. The van der Waals surface area contributed by atoms with Gasteiger partial charge in [0, 0.05) is 6.07 Å².